The van der Waals surface area contributed by atoms with Crippen LogP contribution in [0, 0.1) is 5.82 Å². The summed E-state index contributed by atoms with van der Waals surface area (Å²) < 4.78 is 15.2. The van der Waals surface area contributed by atoms with Gasteiger partial charge in [-0.3, -0.25) is 0 Å². The van der Waals surface area contributed by atoms with Gasteiger partial charge in [0.25, 0.3) is 0 Å². The number of fused-ring (bicyclic) bond motifs is 1. The molecule has 0 saturated carbocycles. The number of nitrogens with zero attached hydrogens (tertiary/aromatic N) is 2. The first kappa shape index (κ1) is 14.7. The summed E-state index contributed by atoms with van der Waals surface area (Å²) in [5, 5.41) is 3.35. The summed E-state index contributed by atoms with van der Waals surface area (Å²) in [5.41, 5.74) is 3.20. The molecule has 0 bridgehead atoms. The monoisotopic (exact) mass is 297 g/mol. The van der Waals surface area contributed by atoms with Crippen molar-refractivity contribution >= 4 is 11.0 Å². The molecule has 3 aromatic rings. The van der Waals surface area contributed by atoms with E-state index in [0.29, 0.717) is 6.54 Å². The van der Waals surface area contributed by atoms with Crippen LogP contribution in [-0.2, 0) is 20.0 Å². The van der Waals surface area contributed by atoms with Gasteiger partial charge in [-0.2, -0.15) is 0 Å². The molecule has 1 N–H and O–H groups in total. The van der Waals surface area contributed by atoms with Crippen LogP contribution >= 0.6 is 0 Å². The number of benzene rings is 2. The summed E-state index contributed by atoms with van der Waals surface area (Å²) in [7, 11) is 2.06. The third-order valence-electron chi connectivity index (χ3n) is 3.85. The molecule has 1 heterocycles. The number of aromatic nitrogens is 2. The maximum absolute atomic E-state index is 13.1. The summed E-state index contributed by atoms with van der Waals surface area (Å²) in [5.74, 6) is 0.924. The maximum Gasteiger partial charge on any atom is 0.123 e. The van der Waals surface area contributed by atoms with Gasteiger partial charge in [-0.1, -0.05) is 24.3 Å². The van der Waals surface area contributed by atoms with Gasteiger partial charge in [0.1, 0.15) is 11.6 Å². The Hall–Kier alpha value is -2.20. The highest BCUT2D eigenvalue weighted by molar-refractivity contribution is 5.75. The molecule has 2 aromatic carbocycles. The van der Waals surface area contributed by atoms with Gasteiger partial charge in [-0.05, 0) is 42.8 Å². The number of imidazole rings is 1. The first-order valence-electron chi connectivity index (χ1n) is 7.59. The lowest BCUT2D eigenvalue weighted by Crippen LogP contribution is -2.16. The van der Waals surface area contributed by atoms with Crippen molar-refractivity contribution in [2.24, 2.45) is 7.05 Å². The second-order valence-electron chi connectivity index (χ2n) is 5.49. The number of aryl methyl sites for hydroxylation is 2. The Labute approximate surface area is 129 Å². The van der Waals surface area contributed by atoms with Gasteiger partial charge < -0.3 is 9.88 Å². The molecule has 22 heavy (non-hydrogen) atoms. The van der Waals surface area contributed by atoms with E-state index in [1.54, 1.807) is 12.1 Å². The molecule has 0 spiro atoms. The molecule has 0 unspecified atom stereocenters. The summed E-state index contributed by atoms with van der Waals surface area (Å²) in [6, 6.07) is 14.9. The van der Waals surface area contributed by atoms with Crippen molar-refractivity contribution in [3.63, 3.8) is 0 Å². The van der Waals surface area contributed by atoms with Gasteiger partial charge in [0, 0.05) is 20.0 Å². The van der Waals surface area contributed by atoms with Crippen molar-refractivity contribution in [2.75, 3.05) is 6.54 Å². The van der Waals surface area contributed by atoms with E-state index < -0.39 is 0 Å². The van der Waals surface area contributed by atoms with Gasteiger partial charge in [0.15, 0.2) is 0 Å². The Morgan fingerprint density at radius 1 is 1.14 bits per heavy atom. The summed E-state index contributed by atoms with van der Waals surface area (Å²) in [6.45, 7) is 1.58. The topological polar surface area (TPSA) is 29.9 Å². The lowest BCUT2D eigenvalue weighted by molar-refractivity contribution is 0.611. The Morgan fingerprint density at radius 3 is 2.82 bits per heavy atom. The third kappa shape index (κ3) is 3.34. The second-order valence-corrected chi connectivity index (χ2v) is 5.49. The molecular formula is C18H20FN3. The van der Waals surface area contributed by atoms with Gasteiger partial charge in [-0.25, -0.2) is 9.37 Å². The predicted octanol–water partition coefficient (Wildman–Crippen LogP) is 3.43. The Morgan fingerprint density at radius 2 is 2.00 bits per heavy atom. The van der Waals surface area contributed by atoms with Crippen LogP contribution in [0.2, 0.25) is 0 Å². The van der Waals surface area contributed by atoms with Crippen molar-refractivity contribution in [1.82, 2.24) is 14.9 Å². The molecule has 0 aliphatic heterocycles. The van der Waals surface area contributed by atoms with E-state index in [1.807, 2.05) is 24.3 Å². The molecular weight excluding hydrogens is 277 g/mol. The molecule has 0 saturated heterocycles. The van der Waals surface area contributed by atoms with Crippen molar-refractivity contribution < 1.29 is 4.39 Å². The lowest BCUT2D eigenvalue weighted by Gasteiger charge is -2.05. The predicted molar refractivity (Wildman–Crippen MR) is 87.1 cm³/mol. The van der Waals surface area contributed by atoms with Crippen LogP contribution in [0.5, 0.6) is 0 Å². The highest BCUT2D eigenvalue weighted by atomic mass is 19.1. The molecule has 0 atom stereocenters. The van der Waals surface area contributed by atoms with Crippen molar-refractivity contribution in [3.05, 3.63) is 65.7 Å². The largest absolute Gasteiger partial charge is 0.331 e. The first-order chi connectivity index (χ1) is 10.7. The molecule has 1 aromatic heterocycles. The zero-order valence-corrected chi connectivity index (χ0v) is 12.7. The van der Waals surface area contributed by atoms with Crippen LogP contribution in [0.15, 0.2) is 48.5 Å². The zero-order valence-electron chi connectivity index (χ0n) is 12.7. The molecule has 0 fully saturated rings. The van der Waals surface area contributed by atoms with Crippen LogP contribution < -0.4 is 5.32 Å². The number of hydrogen-bond acceptors (Lipinski definition) is 2. The van der Waals surface area contributed by atoms with Gasteiger partial charge in [0.2, 0.25) is 0 Å². The minimum Gasteiger partial charge on any atom is -0.331 e. The zero-order chi connectivity index (χ0) is 15.4. The van der Waals surface area contributed by atoms with E-state index in [4.69, 9.17) is 0 Å². The average Bonchev–Trinajstić information content (AvgIpc) is 2.84. The molecule has 0 aliphatic rings. The van der Waals surface area contributed by atoms with E-state index >= 15 is 0 Å². The van der Waals surface area contributed by atoms with Crippen molar-refractivity contribution in [2.45, 2.75) is 19.4 Å². The average molecular weight is 297 g/mol. The standard InChI is InChI=1S/C18H20FN3/c1-22-17-9-3-2-8-16(17)21-18(22)10-5-11-20-13-14-6-4-7-15(19)12-14/h2-4,6-9,12,20H,5,10-11,13H2,1H3. The molecule has 0 aliphatic carbocycles. The summed E-state index contributed by atoms with van der Waals surface area (Å²) in [6.07, 6.45) is 1.94. The molecule has 0 amide bonds. The Kier molecular flexibility index (Phi) is 4.49. The first-order valence-corrected chi connectivity index (χ1v) is 7.59. The Balaban J connectivity index is 1.49. The van der Waals surface area contributed by atoms with Crippen molar-refractivity contribution in [1.29, 1.82) is 0 Å². The second kappa shape index (κ2) is 6.71. The minimum atomic E-state index is -0.181. The van der Waals surface area contributed by atoms with E-state index in [2.05, 4.69) is 28.0 Å². The quantitative estimate of drug-likeness (QED) is 0.706. The number of nitrogens with one attached hydrogen (secondary N) is 1. The Bertz CT molecular complexity index is 764. The fourth-order valence-corrected chi connectivity index (χ4v) is 2.67. The summed E-state index contributed by atoms with van der Waals surface area (Å²) >= 11 is 0. The lowest BCUT2D eigenvalue weighted by atomic mass is 10.2. The molecule has 3 rings (SSSR count). The third-order valence-corrected chi connectivity index (χ3v) is 3.85. The molecule has 4 heteroatoms. The molecule has 114 valence electrons. The smallest absolute Gasteiger partial charge is 0.123 e. The molecule has 0 radical (unpaired) electrons. The highest BCUT2D eigenvalue weighted by Gasteiger charge is 2.06. The van der Waals surface area contributed by atoms with Gasteiger partial charge in [-0.15, -0.1) is 0 Å². The minimum absolute atomic E-state index is 0.181. The number of rotatable bonds is 6. The number of halogens is 1. The summed E-state index contributed by atoms with van der Waals surface area (Å²) in [4.78, 5) is 4.67. The van der Waals surface area contributed by atoms with Crippen molar-refractivity contribution in [3.8, 4) is 0 Å². The SMILES string of the molecule is Cn1c(CCCNCc2cccc(F)c2)nc2ccccc21. The highest BCUT2D eigenvalue weighted by Crippen LogP contribution is 2.15. The van der Waals surface area contributed by atoms with E-state index in [1.165, 1.54) is 11.6 Å². The normalized spacial score (nSPS) is 11.2. The maximum atomic E-state index is 13.1. The van der Waals surface area contributed by atoms with Crippen LogP contribution in [-0.4, -0.2) is 16.1 Å². The van der Waals surface area contributed by atoms with E-state index in [9.17, 15) is 4.39 Å². The number of hydrogen-bond donors (Lipinski definition) is 1. The fourth-order valence-electron chi connectivity index (χ4n) is 2.67. The van der Waals surface area contributed by atoms with Crippen LogP contribution in [0.25, 0.3) is 11.0 Å². The van der Waals surface area contributed by atoms with E-state index in [-0.39, 0.29) is 5.82 Å². The van der Waals surface area contributed by atoms with Gasteiger partial charge >= 0.3 is 0 Å². The van der Waals surface area contributed by atoms with Crippen LogP contribution in [0.3, 0.4) is 0 Å². The van der Waals surface area contributed by atoms with Gasteiger partial charge in [0.05, 0.1) is 11.0 Å². The van der Waals surface area contributed by atoms with E-state index in [0.717, 1.165) is 36.3 Å². The van der Waals surface area contributed by atoms with Crippen LogP contribution in [0.1, 0.15) is 17.8 Å². The molecule has 3 nitrogen and oxygen atoms in total. The fraction of sp³-hybridized carbons (Fsp3) is 0.278. The van der Waals surface area contributed by atoms with Crippen LogP contribution in [0.4, 0.5) is 4.39 Å². The number of para-hydroxylation sites is 2.